The number of para-hydroxylation sites is 1. The third-order valence-electron chi connectivity index (χ3n) is 7.63. The standard InChI is InChI=1S/C27H31F3N4O2/c1-33(15-16-35)19-7-8-22-21(17-19)24(32-25(31-22)26(11-12-26)27(28,29)30)34-13-9-18(10-14-34)20-5-3-4-6-23(20)36-2/h3-8,17-18,35H,9-16H2,1-2H3. The molecule has 1 saturated carbocycles. The third kappa shape index (κ3) is 4.34. The smallest absolute Gasteiger partial charge is 0.401 e. The summed E-state index contributed by atoms with van der Waals surface area (Å²) in [5.41, 5.74) is 0.584. The Morgan fingerprint density at radius 3 is 2.47 bits per heavy atom. The number of fused-ring (bicyclic) bond motifs is 1. The first-order valence-corrected chi connectivity index (χ1v) is 12.4. The summed E-state index contributed by atoms with van der Waals surface area (Å²) in [7, 11) is 3.54. The van der Waals surface area contributed by atoms with Gasteiger partial charge in [-0.05, 0) is 61.4 Å². The second-order valence-electron chi connectivity index (χ2n) is 9.80. The number of piperidine rings is 1. The van der Waals surface area contributed by atoms with Gasteiger partial charge in [-0.25, -0.2) is 9.97 Å². The molecular weight excluding hydrogens is 469 g/mol. The highest BCUT2D eigenvalue weighted by molar-refractivity contribution is 5.92. The van der Waals surface area contributed by atoms with Gasteiger partial charge in [-0.2, -0.15) is 13.2 Å². The Bertz CT molecular complexity index is 1240. The van der Waals surface area contributed by atoms with Crippen LogP contribution in [0.25, 0.3) is 10.9 Å². The molecule has 2 aliphatic rings. The summed E-state index contributed by atoms with van der Waals surface area (Å²) in [5.74, 6) is 1.60. The number of likely N-dealkylation sites (N-methyl/N-ethyl adjacent to an activating group) is 1. The van der Waals surface area contributed by atoms with Crippen molar-refractivity contribution in [2.75, 3.05) is 50.2 Å². The first-order valence-electron chi connectivity index (χ1n) is 12.4. The summed E-state index contributed by atoms with van der Waals surface area (Å²) in [5, 5.41) is 10.1. The lowest BCUT2D eigenvalue weighted by Gasteiger charge is -2.34. The van der Waals surface area contributed by atoms with Crippen molar-refractivity contribution in [2.24, 2.45) is 0 Å². The summed E-state index contributed by atoms with van der Waals surface area (Å²) in [6.07, 6.45) is -2.65. The van der Waals surface area contributed by atoms with Crippen LogP contribution in [0.15, 0.2) is 42.5 Å². The van der Waals surface area contributed by atoms with E-state index in [1.165, 1.54) is 0 Å². The van der Waals surface area contributed by atoms with Gasteiger partial charge in [0.2, 0.25) is 0 Å². The van der Waals surface area contributed by atoms with E-state index in [0.29, 0.717) is 36.9 Å². The Kier molecular flexibility index (Phi) is 6.44. The molecule has 2 fully saturated rings. The van der Waals surface area contributed by atoms with Crippen molar-refractivity contribution in [3.8, 4) is 5.75 Å². The lowest BCUT2D eigenvalue weighted by atomic mass is 9.88. The van der Waals surface area contributed by atoms with Crippen LogP contribution >= 0.6 is 0 Å². The number of hydrogen-bond acceptors (Lipinski definition) is 6. The number of rotatable bonds is 7. The van der Waals surface area contributed by atoms with Crippen LogP contribution in [-0.2, 0) is 5.41 Å². The minimum absolute atomic E-state index is 0.00139. The Morgan fingerprint density at radius 2 is 1.83 bits per heavy atom. The van der Waals surface area contributed by atoms with Gasteiger partial charge in [0.25, 0.3) is 0 Å². The van der Waals surface area contributed by atoms with Crippen LogP contribution < -0.4 is 14.5 Å². The van der Waals surface area contributed by atoms with Gasteiger partial charge in [-0.15, -0.1) is 0 Å². The largest absolute Gasteiger partial charge is 0.496 e. The fraction of sp³-hybridized carbons (Fsp3) is 0.481. The first kappa shape index (κ1) is 24.6. The van der Waals surface area contributed by atoms with Gasteiger partial charge in [0.15, 0.2) is 0 Å². The van der Waals surface area contributed by atoms with Gasteiger partial charge >= 0.3 is 6.18 Å². The molecule has 1 aliphatic heterocycles. The van der Waals surface area contributed by atoms with Gasteiger partial charge in [0.05, 0.1) is 19.2 Å². The maximum Gasteiger partial charge on any atom is 0.401 e. The summed E-state index contributed by atoms with van der Waals surface area (Å²) >= 11 is 0. The molecule has 3 aromatic rings. The van der Waals surface area contributed by atoms with Gasteiger partial charge in [0, 0.05) is 37.8 Å². The first-order chi connectivity index (χ1) is 17.3. The van der Waals surface area contributed by atoms with Crippen LogP contribution in [-0.4, -0.2) is 61.6 Å². The normalized spacial score (nSPS) is 17.9. The maximum atomic E-state index is 14.0. The summed E-state index contributed by atoms with van der Waals surface area (Å²) in [6, 6.07) is 13.5. The van der Waals surface area contributed by atoms with E-state index in [4.69, 9.17) is 4.74 Å². The Morgan fingerprint density at radius 1 is 1.11 bits per heavy atom. The van der Waals surface area contributed by atoms with Crippen LogP contribution in [0.5, 0.6) is 5.75 Å². The molecule has 1 saturated heterocycles. The monoisotopic (exact) mass is 500 g/mol. The van der Waals surface area contributed by atoms with Gasteiger partial charge in [-0.1, -0.05) is 18.2 Å². The summed E-state index contributed by atoms with van der Waals surface area (Å²) in [6.45, 7) is 1.79. The van der Waals surface area contributed by atoms with Gasteiger partial charge in [0.1, 0.15) is 22.8 Å². The minimum Gasteiger partial charge on any atom is -0.496 e. The fourth-order valence-electron chi connectivity index (χ4n) is 5.24. The molecule has 0 bridgehead atoms. The average Bonchev–Trinajstić information content (AvgIpc) is 3.71. The lowest BCUT2D eigenvalue weighted by molar-refractivity contribution is -0.162. The van der Waals surface area contributed by atoms with E-state index < -0.39 is 11.6 Å². The molecule has 1 N–H and O–H groups in total. The number of alkyl halides is 3. The van der Waals surface area contributed by atoms with Crippen molar-refractivity contribution < 1.29 is 23.0 Å². The molecule has 0 amide bonds. The van der Waals surface area contributed by atoms with E-state index >= 15 is 0 Å². The number of benzene rings is 2. The van der Waals surface area contributed by atoms with E-state index in [9.17, 15) is 18.3 Å². The molecule has 2 heterocycles. The average molecular weight is 501 g/mol. The van der Waals surface area contributed by atoms with Crippen molar-refractivity contribution in [3.63, 3.8) is 0 Å². The molecule has 6 nitrogen and oxygen atoms in total. The van der Waals surface area contributed by atoms with Crippen molar-refractivity contribution in [1.82, 2.24) is 9.97 Å². The van der Waals surface area contributed by atoms with E-state index in [1.54, 1.807) is 13.2 Å². The predicted molar refractivity (Wildman–Crippen MR) is 134 cm³/mol. The molecule has 36 heavy (non-hydrogen) atoms. The molecule has 1 aliphatic carbocycles. The highest BCUT2D eigenvalue weighted by Gasteiger charge is 2.66. The van der Waals surface area contributed by atoms with Crippen LogP contribution in [0.2, 0.25) is 0 Å². The van der Waals surface area contributed by atoms with E-state index in [2.05, 4.69) is 20.9 Å². The van der Waals surface area contributed by atoms with Crippen LogP contribution in [0.4, 0.5) is 24.7 Å². The number of hydrogen-bond donors (Lipinski definition) is 1. The van der Waals surface area contributed by atoms with E-state index in [1.807, 2.05) is 42.3 Å². The Balaban J connectivity index is 1.52. The van der Waals surface area contributed by atoms with Gasteiger partial charge < -0.3 is 19.6 Å². The van der Waals surface area contributed by atoms with Crippen LogP contribution in [0, 0.1) is 0 Å². The molecule has 0 radical (unpaired) electrons. The topological polar surface area (TPSA) is 61.7 Å². The fourth-order valence-corrected chi connectivity index (χ4v) is 5.24. The van der Waals surface area contributed by atoms with Crippen molar-refractivity contribution >= 4 is 22.4 Å². The molecule has 0 spiro atoms. The number of aromatic nitrogens is 2. The molecule has 192 valence electrons. The molecule has 1 aromatic heterocycles. The SMILES string of the molecule is COc1ccccc1C1CCN(c2nc(C3(C(F)(F)F)CC3)nc3ccc(N(C)CCO)cc23)CC1. The molecule has 0 atom stereocenters. The quantitative estimate of drug-likeness (QED) is 0.490. The molecular formula is C27H31F3N4O2. The predicted octanol–water partition coefficient (Wildman–Crippen LogP) is 5.04. The second-order valence-corrected chi connectivity index (χ2v) is 9.80. The Hall–Kier alpha value is -3.07. The molecule has 0 unspecified atom stereocenters. The van der Waals surface area contributed by atoms with Crippen LogP contribution in [0.3, 0.4) is 0 Å². The van der Waals surface area contributed by atoms with Crippen LogP contribution in [0.1, 0.15) is 43.0 Å². The number of nitrogens with zero attached hydrogens (tertiary/aromatic N) is 4. The minimum atomic E-state index is -4.38. The zero-order valence-corrected chi connectivity index (χ0v) is 20.6. The number of aliphatic hydroxyl groups excluding tert-OH is 1. The zero-order chi connectivity index (χ0) is 25.5. The number of anilines is 2. The molecule has 9 heteroatoms. The lowest BCUT2D eigenvalue weighted by Crippen LogP contribution is -2.35. The number of halogens is 3. The highest BCUT2D eigenvalue weighted by atomic mass is 19.4. The maximum absolute atomic E-state index is 14.0. The third-order valence-corrected chi connectivity index (χ3v) is 7.63. The van der Waals surface area contributed by atoms with E-state index in [-0.39, 0.29) is 25.3 Å². The zero-order valence-electron chi connectivity index (χ0n) is 20.6. The molecule has 2 aromatic carbocycles. The number of ether oxygens (including phenoxy) is 1. The Labute approximate surface area is 208 Å². The summed E-state index contributed by atoms with van der Waals surface area (Å²) < 4.78 is 47.5. The number of methoxy groups -OCH3 is 1. The van der Waals surface area contributed by atoms with E-state index in [0.717, 1.165) is 35.2 Å². The number of aliphatic hydroxyl groups is 1. The van der Waals surface area contributed by atoms with Gasteiger partial charge in [-0.3, -0.25) is 0 Å². The second kappa shape index (κ2) is 9.42. The molecule has 5 rings (SSSR count). The van der Waals surface area contributed by atoms with Crippen molar-refractivity contribution in [2.45, 2.75) is 43.2 Å². The highest BCUT2D eigenvalue weighted by Crippen LogP contribution is 2.58. The van der Waals surface area contributed by atoms with Crippen molar-refractivity contribution in [1.29, 1.82) is 0 Å². The van der Waals surface area contributed by atoms with Crippen molar-refractivity contribution in [3.05, 3.63) is 53.9 Å². The summed E-state index contributed by atoms with van der Waals surface area (Å²) in [4.78, 5) is 13.0.